The van der Waals surface area contributed by atoms with E-state index in [1.54, 1.807) is 4.68 Å². The second kappa shape index (κ2) is 6.51. The zero-order chi connectivity index (χ0) is 13.7. The second-order valence-electron chi connectivity index (χ2n) is 6.31. The van der Waals surface area contributed by atoms with Gasteiger partial charge in [0.15, 0.2) is 0 Å². The van der Waals surface area contributed by atoms with Gasteiger partial charge in [0, 0.05) is 25.7 Å². The van der Waals surface area contributed by atoms with Gasteiger partial charge in [-0.2, -0.15) is 0 Å². The first-order valence-corrected chi connectivity index (χ1v) is 7.72. The lowest BCUT2D eigenvalue weighted by Gasteiger charge is -2.41. The highest BCUT2D eigenvalue weighted by Gasteiger charge is 2.35. The molecule has 1 aliphatic rings. The number of rotatable bonds is 6. The fraction of sp³-hybridized carbons (Fsp3) is 0.867. The van der Waals surface area contributed by atoms with E-state index in [4.69, 9.17) is 0 Å². The van der Waals surface area contributed by atoms with Crippen LogP contribution < -0.4 is 5.32 Å². The van der Waals surface area contributed by atoms with Crippen LogP contribution in [-0.4, -0.2) is 27.6 Å². The molecule has 1 heterocycles. The highest BCUT2D eigenvalue weighted by molar-refractivity contribution is 5.01. The summed E-state index contributed by atoms with van der Waals surface area (Å²) in [6.07, 6.45) is 11.1. The third-order valence-electron chi connectivity index (χ3n) is 4.54. The summed E-state index contributed by atoms with van der Waals surface area (Å²) in [4.78, 5) is 0. The Balaban J connectivity index is 2.05. The highest BCUT2D eigenvalue weighted by atomic mass is 15.4. The smallest absolute Gasteiger partial charge is 0.0842 e. The van der Waals surface area contributed by atoms with E-state index in [0.29, 0.717) is 11.5 Å². The van der Waals surface area contributed by atoms with Gasteiger partial charge in [-0.3, -0.25) is 4.68 Å². The van der Waals surface area contributed by atoms with E-state index in [-0.39, 0.29) is 0 Å². The van der Waals surface area contributed by atoms with E-state index >= 15 is 0 Å². The third-order valence-corrected chi connectivity index (χ3v) is 4.54. The topological polar surface area (TPSA) is 42.7 Å². The zero-order valence-electron chi connectivity index (χ0n) is 12.7. The van der Waals surface area contributed by atoms with Gasteiger partial charge >= 0.3 is 0 Å². The van der Waals surface area contributed by atoms with Crippen molar-refractivity contribution in [3.63, 3.8) is 0 Å². The van der Waals surface area contributed by atoms with Crippen molar-refractivity contribution in [3.05, 3.63) is 11.9 Å². The maximum Gasteiger partial charge on any atom is 0.0842 e. The van der Waals surface area contributed by atoms with Crippen molar-refractivity contribution in [1.29, 1.82) is 0 Å². The molecule has 108 valence electrons. The van der Waals surface area contributed by atoms with Crippen molar-refractivity contribution in [2.75, 3.05) is 6.54 Å². The molecule has 0 amide bonds. The van der Waals surface area contributed by atoms with Gasteiger partial charge in [0.1, 0.15) is 0 Å². The third kappa shape index (κ3) is 3.78. The normalized spacial score (nSPS) is 20.4. The summed E-state index contributed by atoms with van der Waals surface area (Å²) in [5.74, 6) is 0. The molecular weight excluding hydrogens is 236 g/mol. The van der Waals surface area contributed by atoms with Crippen molar-refractivity contribution < 1.29 is 0 Å². The van der Waals surface area contributed by atoms with Gasteiger partial charge in [-0.25, -0.2) is 0 Å². The number of hydrogen-bond donors (Lipinski definition) is 1. The molecule has 1 saturated carbocycles. The molecule has 0 radical (unpaired) electrons. The molecule has 1 fully saturated rings. The number of aryl methyl sites for hydroxylation is 1. The molecule has 1 aliphatic carbocycles. The molecule has 1 atom stereocenters. The predicted molar refractivity (Wildman–Crippen MR) is 78.0 cm³/mol. The maximum atomic E-state index is 4.26. The Hall–Kier alpha value is -0.900. The van der Waals surface area contributed by atoms with Gasteiger partial charge in [0.25, 0.3) is 0 Å². The van der Waals surface area contributed by atoms with Crippen molar-refractivity contribution in [3.8, 4) is 0 Å². The number of nitrogens with zero attached hydrogens (tertiary/aromatic N) is 3. The Morgan fingerprint density at radius 3 is 2.68 bits per heavy atom. The number of nitrogens with one attached hydrogen (secondary N) is 1. The first kappa shape index (κ1) is 14.5. The van der Waals surface area contributed by atoms with Gasteiger partial charge in [-0.05, 0) is 31.2 Å². The highest BCUT2D eigenvalue weighted by Crippen LogP contribution is 2.39. The Morgan fingerprint density at radius 2 is 2.11 bits per heavy atom. The second-order valence-corrected chi connectivity index (χ2v) is 6.31. The standard InChI is InChI=1S/C15H28N4/c1-4-10-16-14(11-13-12-19(3)18-17-13)15(2)8-6-5-7-9-15/h12,14,16H,4-11H2,1-3H3. The Kier molecular flexibility index (Phi) is 4.97. The van der Waals surface area contributed by atoms with Gasteiger partial charge in [0.2, 0.25) is 0 Å². The summed E-state index contributed by atoms with van der Waals surface area (Å²) in [6, 6.07) is 0.532. The van der Waals surface area contributed by atoms with Gasteiger partial charge in [-0.15, -0.1) is 5.10 Å². The molecular formula is C15H28N4. The molecule has 0 aliphatic heterocycles. The van der Waals surface area contributed by atoms with E-state index in [2.05, 4.69) is 29.5 Å². The Bertz CT molecular complexity index is 379. The minimum absolute atomic E-state index is 0.422. The quantitative estimate of drug-likeness (QED) is 0.859. The fourth-order valence-electron chi connectivity index (χ4n) is 3.29. The van der Waals surface area contributed by atoms with E-state index < -0.39 is 0 Å². The predicted octanol–water partition coefficient (Wildman–Crippen LogP) is 2.70. The minimum atomic E-state index is 0.422. The van der Waals surface area contributed by atoms with Crippen LogP contribution >= 0.6 is 0 Å². The zero-order valence-corrected chi connectivity index (χ0v) is 12.7. The molecule has 2 rings (SSSR count). The molecule has 0 aromatic carbocycles. The van der Waals surface area contributed by atoms with Crippen LogP contribution in [0, 0.1) is 5.41 Å². The van der Waals surface area contributed by atoms with Crippen LogP contribution in [-0.2, 0) is 13.5 Å². The van der Waals surface area contributed by atoms with Gasteiger partial charge in [-0.1, -0.05) is 38.3 Å². The van der Waals surface area contributed by atoms with E-state index in [1.165, 1.54) is 38.5 Å². The Labute approximate surface area is 117 Å². The van der Waals surface area contributed by atoms with Crippen molar-refractivity contribution in [2.45, 2.75) is 64.8 Å². The molecule has 0 saturated heterocycles. The van der Waals surface area contributed by atoms with E-state index in [0.717, 1.165) is 18.7 Å². The molecule has 1 N–H and O–H groups in total. The summed E-state index contributed by atoms with van der Waals surface area (Å²) in [6.45, 7) is 5.78. The SMILES string of the molecule is CCCNC(Cc1cn(C)nn1)C1(C)CCCCC1. The summed E-state index contributed by atoms with van der Waals surface area (Å²) in [5.41, 5.74) is 1.54. The summed E-state index contributed by atoms with van der Waals surface area (Å²) in [5, 5.41) is 12.1. The van der Waals surface area contributed by atoms with E-state index in [9.17, 15) is 0 Å². The van der Waals surface area contributed by atoms with Crippen LogP contribution in [0.3, 0.4) is 0 Å². The summed E-state index contributed by atoms with van der Waals surface area (Å²) < 4.78 is 1.80. The monoisotopic (exact) mass is 264 g/mol. The van der Waals surface area contributed by atoms with Crippen LogP contribution in [0.4, 0.5) is 0 Å². The first-order valence-electron chi connectivity index (χ1n) is 7.72. The molecule has 1 unspecified atom stereocenters. The molecule has 1 aromatic rings. The van der Waals surface area contributed by atoms with Crippen LogP contribution in [0.5, 0.6) is 0 Å². The van der Waals surface area contributed by atoms with Crippen LogP contribution in [0.2, 0.25) is 0 Å². The summed E-state index contributed by atoms with van der Waals surface area (Å²) in [7, 11) is 1.94. The van der Waals surface area contributed by atoms with Crippen molar-refractivity contribution >= 4 is 0 Å². The number of aromatic nitrogens is 3. The average molecular weight is 264 g/mol. The molecule has 0 spiro atoms. The molecule has 0 bridgehead atoms. The largest absolute Gasteiger partial charge is 0.313 e. The van der Waals surface area contributed by atoms with Crippen LogP contribution in [0.1, 0.15) is 58.1 Å². The van der Waals surface area contributed by atoms with E-state index in [1.807, 2.05) is 13.2 Å². The minimum Gasteiger partial charge on any atom is -0.313 e. The van der Waals surface area contributed by atoms with Crippen LogP contribution in [0.25, 0.3) is 0 Å². The lowest BCUT2D eigenvalue weighted by molar-refractivity contribution is 0.143. The van der Waals surface area contributed by atoms with Gasteiger partial charge in [0.05, 0.1) is 5.69 Å². The summed E-state index contributed by atoms with van der Waals surface area (Å²) >= 11 is 0. The van der Waals surface area contributed by atoms with Crippen molar-refractivity contribution in [1.82, 2.24) is 20.3 Å². The molecule has 1 aromatic heterocycles. The molecule has 19 heavy (non-hydrogen) atoms. The van der Waals surface area contributed by atoms with Crippen molar-refractivity contribution in [2.24, 2.45) is 12.5 Å². The first-order chi connectivity index (χ1) is 9.14. The maximum absolute atomic E-state index is 4.26. The fourth-order valence-corrected chi connectivity index (χ4v) is 3.29. The number of hydrogen-bond acceptors (Lipinski definition) is 3. The molecule has 4 heteroatoms. The van der Waals surface area contributed by atoms with Crippen LogP contribution in [0.15, 0.2) is 6.20 Å². The Morgan fingerprint density at radius 1 is 1.37 bits per heavy atom. The molecule has 4 nitrogen and oxygen atoms in total. The van der Waals surface area contributed by atoms with Gasteiger partial charge < -0.3 is 5.32 Å². The average Bonchev–Trinajstić information content (AvgIpc) is 2.81. The lowest BCUT2D eigenvalue weighted by atomic mass is 9.69. The lowest BCUT2D eigenvalue weighted by Crippen LogP contribution is -2.46.